The molecule has 0 saturated heterocycles. The monoisotopic (exact) mass is 390 g/mol. The van der Waals surface area contributed by atoms with Crippen molar-refractivity contribution in [1.82, 2.24) is 9.97 Å². The number of carbonyl (C=O) groups is 1. The molecule has 0 aliphatic carbocycles. The van der Waals surface area contributed by atoms with E-state index in [2.05, 4.69) is 27.5 Å². The summed E-state index contributed by atoms with van der Waals surface area (Å²) in [6.45, 7) is 4.67. The highest BCUT2D eigenvalue weighted by atomic mass is 16.7. The van der Waals surface area contributed by atoms with Gasteiger partial charge in [0.25, 0.3) is 5.91 Å². The topological polar surface area (TPSA) is 85.4 Å². The van der Waals surface area contributed by atoms with Gasteiger partial charge in [-0.2, -0.15) is 0 Å². The number of aryl methyl sites for hydroxylation is 2. The minimum absolute atomic E-state index is 0.243. The van der Waals surface area contributed by atoms with Crippen molar-refractivity contribution in [3.8, 4) is 11.5 Å². The standard InChI is InChI=1S/C22H22N4O3/c1-3-15-4-7-17(8-5-15)25-21(27)18-10-14(2)24-22(26-18)23-12-16-6-9-19-20(11-16)29-13-28-19/h4-11H,3,12-13H2,1-2H3,(H,25,27)(H,23,24,26). The molecule has 0 bridgehead atoms. The highest BCUT2D eigenvalue weighted by Gasteiger charge is 2.14. The lowest BCUT2D eigenvalue weighted by molar-refractivity contribution is 0.102. The van der Waals surface area contributed by atoms with E-state index in [1.54, 1.807) is 6.07 Å². The minimum atomic E-state index is -0.272. The van der Waals surface area contributed by atoms with E-state index in [4.69, 9.17) is 9.47 Å². The van der Waals surface area contributed by atoms with Gasteiger partial charge < -0.3 is 20.1 Å². The first-order valence-electron chi connectivity index (χ1n) is 9.49. The second-order valence-corrected chi connectivity index (χ2v) is 6.76. The molecule has 1 aliphatic heterocycles. The fourth-order valence-electron chi connectivity index (χ4n) is 3.01. The zero-order chi connectivity index (χ0) is 20.2. The second-order valence-electron chi connectivity index (χ2n) is 6.76. The van der Waals surface area contributed by atoms with Crippen LogP contribution < -0.4 is 20.1 Å². The van der Waals surface area contributed by atoms with E-state index < -0.39 is 0 Å². The number of benzene rings is 2. The Balaban J connectivity index is 1.44. The Morgan fingerprint density at radius 2 is 1.76 bits per heavy atom. The molecule has 1 aliphatic rings. The maximum Gasteiger partial charge on any atom is 0.274 e. The molecule has 29 heavy (non-hydrogen) atoms. The Labute approximate surface area is 169 Å². The van der Waals surface area contributed by atoms with Crippen molar-refractivity contribution in [2.45, 2.75) is 26.8 Å². The first kappa shape index (κ1) is 18.7. The Bertz CT molecular complexity index is 1030. The van der Waals surface area contributed by atoms with Gasteiger partial charge in [0, 0.05) is 17.9 Å². The number of anilines is 2. The van der Waals surface area contributed by atoms with E-state index in [0.717, 1.165) is 29.2 Å². The van der Waals surface area contributed by atoms with Gasteiger partial charge in [-0.25, -0.2) is 9.97 Å². The van der Waals surface area contributed by atoms with Crippen molar-refractivity contribution < 1.29 is 14.3 Å². The Hall–Kier alpha value is -3.61. The molecule has 3 aromatic rings. The molecular formula is C22H22N4O3. The summed E-state index contributed by atoms with van der Waals surface area (Å²) >= 11 is 0. The maximum atomic E-state index is 12.6. The molecule has 1 amide bonds. The number of hydrogen-bond acceptors (Lipinski definition) is 6. The number of aromatic nitrogens is 2. The molecular weight excluding hydrogens is 368 g/mol. The third-order valence-electron chi connectivity index (χ3n) is 4.59. The van der Waals surface area contributed by atoms with Crippen LogP contribution in [0.2, 0.25) is 0 Å². The molecule has 0 atom stereocenters. The number of ether oxygens (including phenoxy) is 2. The molecule has 2 aromatic carbocycles. The molecule has 0 fully saturated rings. The molecule has 148 valence electrons. The number of nitrogens with zero attached hydrogens (tertiary/aromatic N) is 2. The van der Waals surface area contributed by atoms with Crippen molar-refractivity contribution in [3.05, 3.63) is 71.0 Å². The van der Waals surface area contributed by atoms with Crippen LogP contribution in [0, 0.1) is 6.92 Å². The molecule has 1 aromatic heterocycles. The van der Waals surface area contributed by atoms with Gasteiger partial charge in [0.1, 0.15) is 5.69 Å². The van der Waals surface area contributed by atoms with E-state index in [1.165, 1.54) is 5.56 Å². The van der Waals surface area contributed by atoms with Gasteiger partial charge in [0.15, 0.2) is 11.5 Å². The van der Waals surface area contributed by atoms with Gasteiger partial charge in [0.2, 0.25) is 12.7 Å². The lowest BCUT2D eigenvalue weighted by Crippen LogP contribution is -2.16. The molecule has 2 N–H and O–H groups in total. The van der Waals surface area contributed by atoms with Crippen molar-refractivity contribution in [3.63, 3.8) is 0 Å². The normalized spacial score (nSPS) is 11.9. The summed E-state index contributed by atoms with van der Waals surface area (Å²) in [6.07, 6.45) is 0.956. The van der Waals surface area contributed by atoms with Crippen LogP contribution in [0.4, 0.5) is 11.6 Å². The van der Waals surface area contributed by atoms with E-state index in [0.29, 0.717) is 23.9 Å². The SMILES string of the molecule is CCc1ccc(NC(=O)c2cc(C)nc(NCc3ccc4c(c3)OCO4)n2)cc1. The first-order valence-corrected chi connectivity index (χ1v) is 9.49. The molecule has 0 saturated carbocycles. The van der Waals surface area contributed by atoms with Crippen LogP contribution in [0.5, 0.6) is 11.5 Å². The van der Waals surface area contributed by atoms with Crippen LogP contribution in [-0.4, -0.2) is 22.7 Å². The number of nitrogens with one attached hydrogen (secondary N) is 2. The summed E-state index contributed by atoms with van der Waals surface area (Å²) in [4.78, 5) is 21.4. The zero-order valence-electron chi connectivity index (χ0n) is 16.4. The molecule has 4 rings (SSSR count). The fourth-order valence-corrected chi connectivity index (χ4v) is 3.01. The summed E-state index contributed by atoms with van der Waals surface area (Å²) in [5, 5.41) is 6.05. The quantitative estimate of drug-likeness (QED) is 0.663. The third kappa shape index (κ3) is 4.45. The van der Waals surface area contributed by atoms with Gasteiger partial charge in [-0.05, 0) is 54.8 Å². The highest BCUT2D eigenvalue weighted by Crippen LogP contribution is 2.32. The summed E-state index contributed by atoms with van der Waals surface area (Å²) in [7, 11) is 0. The van der Waals surface area contributed by atoms with Crippen LogP contribution in [0.25, 0.3) is 0 Å². The average Bonchev–Trinajstić information content (AvgIpc) is 3.20. The third-order valence-corrected chi connectivity index (χ3v) is 4.59. The highest BCUT2D eigenvalue weighted by molar-refractivity contribution is 6.03. The summed E-state index contributed by atoms with van der Waals surface area (Å²) < 4.78 is 10.7. The van der Waals surface area contributed by atoms with Crippen molar-refractivity contribution in [1.29, 1.82) is 0 Å². The largest absolute Gasteiger partial charge is 0.454 e. The van der Waals surface area contributed by atoms with Gasteiger partial charge in [-0.15, -0.1) is 0 Å². The van der Waals surface area contributed by atoms with E-state index in [1.807, 2.05) is 49.4 Å². The van der Waals surface area contributed by atoms with Crippen LogP contribution in [0.1, 0.15) is 34.2 Å². The van der Waals surface area contributed by atoms with Crippen LogP contribution >= 0.6 is 0 Å². The smallest absolute Gasteiger partial charge is 0.274 e. The van der Waals surface area contributed by atoms with Gasteiger partial charge >= 0.3 is 0 Å². The predicted octanol–water partition coefficient (Wildman–Crippen LogP) is 3.94. The summed E-state index contributed by atoms with van der Waals surface area (Å²) in [5.74, 6) is 1.59. The summed E-state index contributed by atoms with van der Waals surface area (Å²) in [6, 6.07) is 15.2. The van der Waals surface area contributed by atoms with Crippen LogP contribution in [0.3, 0.4) is 0 Å². The Kier molecular flexibility index (Phi) is 5.29. The molecule has 0 unspecified atom stereocenters. The number of hydrogen-bond donors (Lipinski definition) is 2. The zero-order valence-corrected chi connectivity index (χ0v) is 16.4. The van der Waals surface area contributed by atoms with E-state index in [9.17, 15) is 4.79 Å². The van der Waals surface area contributed by atoms with Crippen LogP contribution in [-0.2, 0) is 13.0 Å². The van der Waals surface area contributed by atoms with Crippen molar-refractivity contribution >= 4 is 17.5 Å². The van der Waals surface area contributed by atoms with Gasteiger partial charge in [-0.1, -0.05) is 25.1 Å². The minimum Gasteiger partial charge on any atom is -0.454 e. The summed E-state index contributed by atoms with van der Waals surface area (Å²) in [5.41, 5.74) is 3.97. The first-order chi connectivity index (χ1) is 14.1. The van der Waals surface area contributed by atoms with Crippen molar-refractivity contribution in [2.24, 2.45) is 0 Å². The Morgan fingerprint density at radius 3 is 2.55 bits per heavy atom. The predicted molar refractivity (Wildman–Crippen MR) is 110 cm³/mol. The number of rotatable bonds is 6. The average molecular weight is 390 g/mol. The van der Waals surface area contributed by atoms with Crippen molar-refractivity contribution in [2.75, 3.05) is 17.4 Å². The number of fused-ring (bicyclic) bond motifs is 1. The Morgan fingerprint density at radius 1 is 1.00 bits per heavy atom. The van der Waals surface area contributed by atoms with Gasteiger partial charge in [-0.3, -0.25) is 4.79 Å². The van der Waals surface area contributed by atoms with E-state index in [-0.39, 0.29) is 12.7 Å². The number of carbonyl (C=O) groups excluding carboxylic acids is 1. The van der Waals surface area contributed by atoms with Crippen LogP contribution in [0.15, 0.2) is 48.5 Å². The second kappa shape index (κ2) is 8.18. The molecule has 2 heterocycles. The number of amides is 1. The molecule has 0 radical (unpaired) electrons. The molecule has 7 nitrogen and oxygen atoms in total. The lowest BCUT2D eigenvalue weighted by Gasteiger charge is -2.10. The molecule has 0 spiro atoms. The van der Waals surface area contributed by atoms with Gasteiger partial charge in [0.05, 0.1) is 0 Å². The lowest BCUT2D eigenvalue weighted by atomic mass is 10.1. The fraction of sp³-hybridized carbons (Fsp3) is 0.227. The molecule has 7 heteroatoms. The maximum absolute atomic E-state index is 12.6. The van der Waals surface area contributed by atoms with E-state index >= 15 is 0 Å².